The summed E-state index contributed by atoms with van der Waals surface area (Å²) in [6.45, 7) is 3.76. The van der Waals surface area contributed by atoms with E-state index >= 15 is 0 Å². The van der Waals surface area contributed by atoms with Crippen LogP contribution in [0.25, 0.3) is 0 Å². The monoisotopic (exact) mass is 252 g/mol. The van der Waals surface area contributed by atoms with Crippen molar-refractivity contribution < 1.29 is 9.59 Å². The second-order valence-corrected chi connectivity index (χ2v) is 5.41. The number of allylic oxidation sites excluding steroid dienone is 1. The molecule has 1 unspecified atom stereocenters. The van der Waals surface area contributed by atoms with Crippen LogP contribution in [-0.2, 0) is 9.59 Å². The minimum absolute atomic E-state index is 0.106. The number of rotatable bonds is 5. The molecule has 0 aliphatic heterocycles. The molecular formula is C14H24N2O2. The van der Waals surface area contributed by atoms with Crippen molar-refractivity contribution >= 4 is 11.8 Å². The molecule has 0 saturated heterocycles. The maximum atomic E-state index is 11.7. The molecule has 2 amide bonds. The van der Waals surface area contributed by atoms with Crippen molar-refractivity contribution in [3.05, 3.63) is 11.6 Å². The van der Waals surface area contributed by atoms with Gasteiger partial charge in [-0.1, -0.05) is 24.8 Å². The van der Waals surface area contributed by atoms with E-state index in [0.717, 1.165) is 18.4 Å². The molecule has 0 aromatic rings. The highest BCUT2D eigenvalue weighted by Gasteiger charge is 2.25. The number of primary amides is 1. The third-order valence-corrected chi connectivity index (χ3v) is 3.39. The topological polar surface area (TPSA) is 72.2 Å². The molecule has 18 heavy (non-hydrogen) atoms. The number of carbonyl (C=O) groups excluding carboxylic acids is 2. The van der Waals surface area contributed by atoms with Gasteiger partial charge in [-0.25, -0.2) is 0 Å². The zero-order valence-electron chi connectivity index (χ0n) is 11.4. The van der Waals surface area contributed by atoms with E-state index in [1.54, 1.807) is 6.08 Å². The fourth-order valence-corrected chi connectivity index (χ4v) is 2.58. The second kappa shape index (κ2) is 7.19. The van der Waals surface area contributed by atoms with Crippen LogP contribution in [0.3, 0.4) is 0 Å². The van der Waals surface area contributed by atoms with Gasteiger partial charge in [-0.3, -0.25) is 9.59 Å². The lowest BCUT2D eigenvalue weighted by Gasteiger charge is -2.30. The summed E-state index contributed by atoms with van der Waals surface area (Å²) in [5, 5.41) is 2.93. The number of nitrogens with two attached hydrogens (primary N) is 1. The average Bonchev–Trinajstić information content (AvgIpc) is 2.27. The van der Waals surface area contributed by atoms with E-state index in [9.17, 15) is 9.59 Å². The summed E-state index contributed by atoms with van der Waals surface area (Å²) in [5.74, 6) is -0.0735. The number of hydrogen-bond acceptors (Lipinski definition) is 2. The molecule has 1 saturated carbocycles. The Hall–Kier alpha value is -1.32. The Morgan fingerprint density at radius 3 is 2.39 bits per heavy atom. The van der Waals surface area contributed by atoms with Crippen molar-refractivity contribution in [1.82, 2.24) is 5.32 Å². The summed E-state index contributed by atoms with van der Waals surface area (Å²) in [5.41, 5.74) is 6.22. The standard InChI is InChI=1S/C14H24N2O2/c1-10(2)8-14(18)16-12(9-13(15)17)11-6-4-3-5-7-11/h8,11-12H,3-7,9H2,1-2H3,(H2,15,17)(H,16,18). The van der Waals surface area contributed by atoms with Gasteiger partial charge in [0.1, 0.15) is 0 Å². The fraction of sp³-hybridized carbons (Fsp3) is 0.714. The SMILES string of the molecule is CC(C)=CC(=O)NC(CC(N)=O)C1CCCCC1. The molecule has 0 aromatic carbocycles. The van der Waals surface area contributed by atoms with Gasteiger partial charge in [-0.15, -0.1) is 0 Å². The summed E-state index contributed by atoms with van der Waals surface area (Å²) in [4.78, 5) is 22.9. The Morgan fingerprint density at radius 1 is 1.28 bits per heavy atom. The van der Waals surface area contributed by atoms with Crippen LogP contribution in [0.1, 0.15) is 52.4 Å². The fourth-order valence-electron chi connectivity index (χ4n) is 2.58. The highest BCUT2D eigenvalue weighted by Crippen LogP contribution is 2.27. The van der Waals surface area contributed by atoms with Gasteiger partial charge in [0.15, 0.2) is 0 Å². The molecule has 4 nitrogen and oxygen atoms in total. The second-order valence-electron chi connectivity index (χ2n) is 5.41. The highest BCUT2D eigenvalue weighted by molar-refractivity contribution is 5.88. The van der Waals surface area contributed by atoms with Gasteiger partial charge in [0.25, 0.3) is 0 Å². The summed E-state index contributed by atoms with van der Waals surface area (Å²) >= 11 is 0. The van der Waals surface area contributed by atoms with Gasteiger partial charge >= 0.3 is 0 Å². The van der Waals surface area contributed by atoms with Crippen molar-refractivity contribution in [2.45, 2.75) is 58.4 Å². The average molecular weight is 252 g/mol. The molecule has 1 rings (SSSR count). The van der Waals surface area contributed by atoms with E-state index in [-0.39, 0.29) is 24.3 Å². The number of carbonyl (C=O) groups is 2. The Bertz CT molecular complexity index is 327. The molecule has 1 aliphatic rings. The molecule has 0 heterocycles. The number of nitrogens with one attached hydrogen (secondary N) is 1. The molecule has 4 heteroatoms. The molecular weight excluding hydrogens is 228 g/mol. The first-order valence-electron chi connectivity index (χ1n) is 6.72. The van der Waals surface area contributed by atoms with Crippen LogP contribution in [0.4, 0.5) is 0 Å². The Morgan fingerprint density at radius 2 is 1.89 bits per heavy atom. The first kappa shape index (κ1) is 14.7. The number of hydrogen-bond donors (Lipinski definition) is 2. The first-order chi connectivity index (χ1) is 8.49. The van der Waals surface area contributed by atoms with Crippen molar-refractivity contribution in [2.75, 3.05) is 0 Å². The smallest absolute Gasteiger partial charge is 0.244 e. The zero-order chi connectivity index (χ0) is 13.5. The molecule has 0 radical (unpaired) electrons. The van der Waals surface area contributed by atoms with Gasteiger partial charge in [-0.2, -0.15) is 0 Å². The molecule has 102 valence electrons. The van der Waals surface area contributed by atoms with Crippen LogP contribution in [0.15, 0.2) is 11.6 Å². The minimum Gasteiger partial charge on any atom is -0.370 e. The van der Waals surface area contributed by atoms with Gasteiger partial charge in [0.05, 0.1) is 0 Å². The lowest BCUT2D eigenvalue weighted by molar-refractivity contribution is -0.120. The molecule has 1 aliphatic carbocycles. The molecule has 3 N–H and O–H groups in total. The lowest BCUT2D eigenvalue weighted by Crippen LogP contribution is -2.43. The predicted octanol–water partition coefficient (Wildman–Crippen LogP) is 1.89. The van der Waals surface area contributed by atoms with Crippen molar-refractivity contribution in [1.29, 1.82) is 0 Å². The van der Waals surface area contributed by atoms with Crippen molar-refractivity contribution in [3.8, 4) is 0 Å². The first-order valence-corrected chi connectivity index (χ1v) is 6.72. The van der Waals surface area contributed by atoms with Crippen LogP contribution in [-0.4, -0.2) is 17.9 Å². The van der Waals surface area contributed by atoms with Crippen LogP contribution < -0.4 is 11.1 Å². The van der Waals surface area contributed by atoms with Crippen molar-refractivity contribution in [3.63, 3.8) is 0 Å². The summed E-state index contributed by atoms with van der Waals surface area (Å²) in [7, 11) is 0. The third-order valence-electron chi connectivity index (χ3n) is 3.39. The van der Waals surface area contributed by atoms with E-state index in [1.807, 2.05) is 13.8 Å². The Kier molecular flexibility index (Phi) is 5.89. The van der Waals surface area contributed by atoms with E-state index in [1.165, 1.54) is 19.3 Å². The minimum atomic E-state index is -0.344. The summed E-state index contributed by atoms with van der Waals surface area (Å²) < 4.78 is 0. The molecule has 1 fully saturated rings. The Labute approximate surface area is 109 Å². The van der Waals surface area contributed by atoms with Gasteiger partial charge in [0, 0.05) is 18.5 Å². The summed E-state index contributed by atoms with van der Waals surface area (Å²) in [6.07, 6.45) is 7.57. The van der Waals surface area contributed by atoms with Gasteiger partial charge in [0.2, 0.25) is 11.8 Å². The molecule has 0 aromatic heterocycles. The van der Waals surface area contributed by atoms with Crippen LogP contribution >= 0.6 is 0 Å². The van der Waals surface area contributed by atoms with E-state index in [2.05, 4.69) is 5.32 Å². The van der Waals surface area contributed by atoms with Gasteiger partial charge < -0.3 is 11.1 Å². The lowest BCUT2D eigenvalue weighted by atomic mass is 9.82. The maximum absolute atomic E-state index is 11.7. The Balaban J connectivity index is 2.62. The zero-order valence-corrected chi connectivity index (χ0v) is 11.4. The number of amides is 2. The predicted molar refractivity (Wildman–Crippen MR) is 71.7 cm³/mol. The van der Waals surface area contributed by atoms with E-state index < -0.39 is 0 Å². The molecule has 1 atom stereocenters. The van der Waals surface area contributed by atoms with Gasteiger partial charge in [-0.05, 0) is 32.6 Å². The molecule has 0 spiro atoms. The van der Waals surface area contributed by atoms with Crippen molar-refractivity contribution in [2.24, 2.45) is 11.7 Å². The summed E-state index contributed by atoms with van der Waals surface area (Å²) in [6, 6.07) is -0.106. The van der Waals surface area contributed by atoms with E-state index in [4.69, 9.17) is 5.73 Å². The highest BCUT2D eigenvalue weighted by atomic mass is 16.2. The largest absolute Gasteiger partial charge is 0.370 e. The maximum Gasteiger partial charge on any atom is 0.244 e. The third kappa shape index (κ3) is 5.34. The van der Waals surface area contributed by atoms with E-state index in [0.29, 0.717) is 5.92 Å². The van der Waals surface area contributed by atoms with Crippen LogP contribution in [0.2, 0.25) is 0 Å². The molecule has 0 bridgehead atoms. The van der Waals surface area contributed by atoms with Crippen LogP contribution in [0.5, 0.6) is 0 Å². The normalized spacial score (nSPS) is 17.9. The quantitative estimate of drug-likeness (QED) is 0.733. The van der Waals surface area contributed by atoms with Crippen LogP contribution in [0, 0.1) is 5.92 Å².